The van der Waals surface area contributed by atoms with Gasteiger partial charge in [0.2, 0.25) is 11.8 Å². The molecular weight excluding hydrogens is 429 g/mol. The maximum atomic E-state index is 13.8. The number of hydrogen-bond donors (Lipinski definition) is 0. The molecule has 1 aliphatic heterocycles. The molecule has 0 radical (unpaired) electrons. The van der Waals surface area contributed by atoms with Crippen LogP contribution in [-0.2, 0) is 29.1 Å². The van der Waals surface area contributed by atoms with Crippen LogP contribution in [0.1, 0.15) is 47.2 Å². The number of benzene rings is 3. The first kappa shape index (κ1) is 23.2. The van der Waals surface area contributed by atoms with Gasteiger partial charge in [-0.2, -0.15) is 5.26 Å². The molecule has 0 N–H and O–H groups in total. The number of carbonyl (C=O) groups excluding carboxylic acids is 2. The standard InChI is InChI=1S/C28H26FN3O2/c1-20(33)32-14-13-24-6-2-3-8-26(24)27(32)16-28(34)31(19-23-5-4-7-25(29)15-23)18-22-11-9-21(17-30)10-12-22/h2-12,15,27H,13-14,16,18-19H2,1H3. The van der Waals surface area contributed by atoms with Crippen LogP contribution in [0.3, 0.4) is 0 Å². The molecule has 172 valence electrons. The summed E-state index contributed by atoms with van der Waals surface area (Å²) < 4.78 is 13.8. The molecule has 1 aliphatic rings. The van der Waals surface area contributed by atoms with Gasteiger partial charge >= 0.3 is 0 Å². The lowest BCUT2D eigenvalue weighted by atomic mass is 9.90. The average molecular weight is 456 g/mol. The van der Waals surface area contributed by atoms with Gasteiger partial charge in [-0.15, -0.1) is 0 Å². The van der Waals surface area contributed by atoms with Crippen molar-refractivity contribution < 1.29 is 14.0 Å². The van der Waals surface area contributed by atoms with Crippen molar-refractivity contribution in [1.82, 2.24) is 9.80 Å². The highest BCUT2D eigenvalue weighted by Gasteiger charge is 2.32. The minimum atomic E-state index is -0.354. The first-order chi connectivity index (χ1) is 16.4. The maximum Gasteiger partial charge on any atom is 0.225 e. The molecule has 0 saturated heterocycles. The summed E-state index contributed by atoms with van der Waals surface area (Å²) in [5.74, 6) is -0.537. The Hall–Kier alpha value is -3.98. The van der Waals surface area contributed by atoms with Crippen molar-refractivity contribution >= 4 is 11.8 Å². The third kappa shape index (κ3) is 5.32. The van der Waals surface area contributed by atoms with Crippen LogP contribution in [0.4, 0.5) is 4.39 Å². The number of carbonyl (C=O) groups is 2. The number of nitriles is 1. The van der Waals surface area contributed by atoms with Crippen LogP contribution in [0.2, 0.25) is 0 Å². The number of fused-ring (bicyclic) bond motifs is 1. The Kier molecular flexibility index (Phi) is 7.03. The van der Waals surface area contributed by atoms with Crippen LogP contribution in [0, 0.1) is 17.1 Å². The van der Waals surface area contributed by atoms with Crippen molar-refractivity contribution in [2.24, 2.45) is 0 Å². The lowest BCUT2D eigenvalue weighted by molar-refractivity contribution is -0.137. The summed E-state index contributed by atoms with van der Waals surface area (Å²) in [6.45, 7) is 2.66. The summed E-state index contributed by atoms with van der Waals surface area (Å²) in [7, 11) is 0. The van der Waals surface area contributed by atoms with E-state index in [-0.39, 0.29) is 36.6 Å². The monoisotopic (exact) mass is 455 g/mol. The normalized spacial score (nSPS) is 14.7. The van der Waals surface area contributed by atoms with Crippen LogP contribution in [0.5, 0.6) is 0 Å². The summed E-state index contributed by atoms with van der Waals surface area (Å²) >= 11 is 0. The van der Waals surface area contributed by atoms with E-state index < -0.39 is 0 Å². The highest BCUT2D eigenvalue weighted by atomic mass is 19.1. The zero-order valence-corrected chi connectivity index (χ0v) is 19.1. The number of amides is 2. The Morgan fingerprint density at radius 1 is 1.03 bits per heavy atom. The van der Waals surface area contributed by atoms with Crippen molar-refractivity contribution in [3.05, 3.63) is 106 Å². The van der Waals surface area contributed by atoms with E-state index >= 15 is 0 Å². The lowest BCUT2D eigenvalue weighted by Gasteiger charge is -2.37. The Balaban J connectivity index is 1.62. The van der Waals surface area contributed by atoms with Gasteiger partial charge in [0, 0.05) is 26.6 Å². The van der Waals surface area contributed by atoms with Gasteiger partial charge in [0.15, 0.2) is 0 Å². The Labute approximate surface area is 199 Å². The zero-order valence-electron chi connectivity index (χ0n) is 19.1. The highest BCUT2D eigenvalue weighted by Crippen LogP contribution is 2.33. The smallest absolute Gasteiger partial charge is 0.225 e. The molecule has 0 aromatic heterocycles. The predicted octanol–water partition coefficient (Wildman–Crippen LogP) is 4.76. The quantitative estimate of drug-likeness (QED) is 0.538. The summed E-state index contributed by atoms with van der Waals surface area (Å²) in [5.41, 5.74) is 4.26. The molecule has 0 spiro atoms. The molecule has 0 aliphatic carbocycles. The molecule has 0 bridgehead atoms. The number of hydrogen-bond acceptors (Lipinski definition) is 3. The molecule has 1 heterocycles. The van der Waals surface area contributed by atoms with Crippen LogP contribution in [-0.4, -0.2) is 28.2 Å². The SMILES string of the molecule is CC(=O)N1CCc2ccccc2C1CC(=O)N(Cc1ccc(C#N)cc1)Cc1cccc(F)c1. The van der Waals surface area contributed by atoms with Gasteiger partial charge in [0.1, 0.15) is 5.82 Å². The molecule has 4 rings (SSSR count). The van der Waals surface area contributed by atoms with E-state index in [2.05, 4.69) is 6.07 Å². The third-order valence-corrected chi connectivity index (χ3v) is 6.26. The van der Waals surface area contributed by atoms with Crippen LogP contribution in [0.25, 0.3) is 0 Å². The minimum Gasteiger partial charge on any atom is -0.335 e. The second kappa shape index (κ2) is 10.3. The third-order valence-electron chi connectivity index (χ3n) is 6.26. The fourth-order valence-corrected chi connectivity index (χ4v) is 4.54. The Bertz CT molecular complexity index is 1230. The van der Waals surface area contributed by atoms with Gasteiger partial charge < -0.3 is 9.80 Å². The zero-order chi connectivity index (χ0) is 24.1. The molecule has 5 nitrogen and oxygen atoms in total. The van der Waals surface area contributed by atoms with E-state index in [9.17, 15) is 14.0 Å². The van der Waals surface area contributed by atoms with Gasteiger partial charge in [0.05, 0.1) is 24.1 Å². The van der Waals surface area contributed by atoms with E-state index in [1.807, 2.05) is 36.4 Å². The van der Waals surface area contributed by atoms with Gasteiger partial charge in [-0.3, -0.25) is 9.59 Å². The van der Waals surface area contributed by atoms with Crippen LogP contribution in [0.15, 0.2) is 72.8 Å². The number of nitrogens with zero attached hydrogens (tertiary/aromatic N) is 3. The molecule has 3 aromatic rings. The molecule has 34 heavy (non-hydrogen) atoms. The number of rotatable bonds is 6. The van der Waals surface area contributed by atoms with Crippen molar-refractivity contribution in [2.75, 3.05) is 6.54 Å². The summed E-state index contributed by atoms with van der Waals surface area (Å²) in [5, 5.41) is 9.07. The van der Waals surface area contributed by atoms with Gasteiger partial charge in [-0.05, 0) is 52.9 Å². The van der Waals surface area contributed by atoms with Crippen molar-refractivity contribution in [2.45, 2.75) is 38.9 Å². The molecule has 1 unspecified atom stereocenters. The second-order valence-corrected chi connectivity index (χ2v) is 8.57. The summed E-state index contributed by atoms with van der Waals surface area (Å²) in [6, 6.07) is 23.0. The second-order valence-electron chi connectivity index (χ2n) is 8.57. The average Bonchev–Trinajstić information content (AvgIpc) is 2.84. The van der Waals surface area contributed by atoms with Crippen molar-refractivity contribution in [3.8, 4) is 6.07 Å². The predicted molar refractivity (Wildman–Crippen MR) is 127 cm³/mol. The van der Waals surface area contributed by atoms with Gasteiger partial charge in [-0.25, -0.2) is 4.39 Å². The highest BCUT2D eigenvalue weighted by molar-refractivity contribution is 5.80. The topological polar surface area (TPSA) is 64.4 Å². The van der Waals surface area contributed by atoms with E-state index in [1.54, 1.807) is 34.1 Å². The molecule has 6 heteroatoms. The summed E-state index contributed by atoms with van der Waals surface area (Å²) in [4.78, 5) is 29.5. The van der Waals surface area contributed by atoms with E-state index in [4.69, 9.17) is 5.26 Å². The molecule has 3 aromatic carbocycles. The first-order valence-electron chi connectivity index (χ1n) is 11.3. The molecule has 0 saturated carbocycles. The largest absolute Gasteiger partial charge is 0.335 e. The molecule has 2 amide bonds. The molecule has 1 atom stereocenters. The number of halogens is 1. The van der Waals surface area contributed by atoms with Gasteiger partial charge in [0.25, 0.3) is 0 Å². The van der Waals surface area contributed by atoms with Crippen molar-refractivity contribution in [1.29, 1.82) is 5.26 Å². The van der Waals surface area contributed by atoms with E-state index in [0.717, 1.165) is 23.1 Å². The Morgan fingerprint density at radius 3 is 2.47 bits per heavy atom. The summed E-state index contributed by atoms with van der Waals surface area (Å²) in [6.07, 6.45) is 0.904. The van der Waals surface area contributed by atoms with E-state index in [0.29, 0.717) is 24.2 Å². The molecule has 0 fully saturated rings. The molecular formula is C28H26FN3O2. The van der Waals surface area contributed by atoms with E-state index in [1.165, 1.54) is 19.1 Å². The van der Waals surface area contributed by atoms with Gasteiger partial charge in [-0.1, -0.05) is 48.5 Å². The Morgan fingerprint density at radius 2 is 1.76 bits per heavy atom. The van der Waals surface area contributed by atoms with Crippen LogP contribution < -0.4 is 0 Å². The fraction of sp³-hybridized carbons (Fsp3) is 0.250. The van der Waals surface area contributed by atoms with Crippen molar-refractivity contribution in [3.63, 3.8) is 0 Å². The minimum absolute atomic E-state index is 0.0592. The fourth-order valence-electron chi connectivity index (χ4n) is 4.54. The first-order valence-corrected chi connectivity index (χ1v) is 11.3. The van der Waals surface area contributed by atoms with Crippen LogP contribution >= 0.6 is 0 Å². The maximum absolute atomic E-state index is 13.8. The lowest BCUT2D eigenvalue weighted by Crippen LogP contribution is -2.42.